The zero-order chi connectivity index (χ0) is 16.9. The van der Waals surface area contributed by atoms with E-state index in [0.717, 1.165) is 57.1 Å². The van der Waals surface area contributed by atoms with Gasteiger partial charge in [-0.15, -0.1) is 0 Å². The summed E-state index contributed by atoms with van der Waals surface area (Å²) >= 11 is 0. The third-order valence-electron chi connectivity index (χ3n) is 4.83. The SMILES string of the molecule is C1=Nc2cccc(-c3cccc(OCCN4CCOCC4)c3)c2CC1. The Morgan fingerprint density at radius 2 is 1.96 bits per heavy atom. The predicted octanol–water partition coefficient (Wildman–Crippen LogP) is 3.71. The van der Waals surface area contributed by atoms with E-state index in [1.54, 1.807) is 0 Å². The molecule has 0 saturated carbocycles. The first-order valence-electron chi connectivity index (χ1n) is 9.08. The Balaban J connectivity index is 1.46. The van der Waals surface area contributed by atoms with Gasteiger partial charge in [-0.2, -0.15) is 0 Å². The van der Waals surface area contributed by atoms with Crippen molar-refractivity contribution in [3.8, 4) is 16.9 Å². The predicted molar refractivity (Wildman–Crippen MR) is 101 cm³/mol. The average Bonchev–Trinajstić information content (AvgIpc) is 2.69. The van der Waals surface area contributed by atoms with Crippen molar-refractivity contribution in [1.29, 1.82) is 0 Å². The van der Waals surface area contributed by atoms with Crippen molar-refractivity contribution in [2.45, 2.75) is 12.8 Å². The van der Waals surface area contributed by atoms with Crippen LogP contribution in [0, 0.1) is 0 Å². The van der Waals surface area contributed by atoms with Crippen molar-refractivity contribution in [2.24, 2.45) is 4.99 Å². The van der Waals surface area contributed by atoms with Gasteiger partial charge >= 0.3 is 0 Å². The molecular formula is C21H24N2O2. The van der Waals surface area contributed by atoms with E-state index in [0.29, 0.717) is 6.61 Å². The highest BCUT2D eigenvalue weighted by Crippen LogP contribution is 2.34. The van der Waals surface area contributed by atoms with Crippen LogP contribution in [0.3, 0.4) is 0 Å². The maximum atomic E-state index is 6.00. The summed E-state index contributed by atoms with van der Waals surface area (Å²) < 4.78 is 11.4. The molecule has 0 N–H and O–H groups in total. The van der Waals surface area contributed by atoms with E-state index in [4.69, 9.17) is 9.47 Å². The first kappa shape index (κ1) is 16.3. The third-order valence-corrected chi connectivity index (χ3v) is 4.83. The fraction of sp³-hybridized carbons (Fsp3) is 0.381. The zero-order valence-corrected chi connectivity index (χ0v) is 14.5. The molecule has 130 valence electrons. The Hall–Kier alpha value is -2.17. The number of fused-ring (bicyclic) bond motifs is 1. The van der Waals surface area contributed by atoms with E-state index < -0.39 is 0 Å². The fourth-order valence-corrected chi connectivity index (χ4v) is 3.47. The van der Waals surface area contributed by atoms with Crippen molar-refractivity contribution in [2.75, 3.05) is 39.5 Å². The number of morpholine rings is 1. The third kappa shape index (κ3) is 3.91. The molecule has 0 atom stereocenters. The van der Waals surface area contributed by atoms with Crippen molar-refractivity contribution in [3.05, 3.63) is 48.0 Å². The molecule has 1 fully saturated rings. The van der Waals surface area contributed by atoms with Crippen molar-refractivity contribution in [1.82, 2.24) is 4.90 Å². The number of rotatable bonds is 5. The Morgan fingerprint density at radius 3 is 2.88 bits per heavy atom. The van der Waals surface area contributed by atoms with E-state index >= 15 is 0 Å². The molecule has 0 unspecified atom stereocenters. The van der Waals surface area contributed by atoms with Crippen LogP contribution in [0.5, 0.6) is 5.75 Å². The zero-order valence-electron chi connectivity index (χ0n) is 14.5. The van der Waals surface area contributed by atoms with E-state index in [1.807, 2.05) is 12.3 Å². The van der Waals surface area contributed by atoms with Crippen molar-refractivity contribution < 1.29 is 9.47 Å². The lowest BCUT2D eigenvalue weighted by Crippen LogP contribution is -2.38. The molecule has 0 radical (unpaired) electrons. The number of ether oxygens (including phenoxy) is 2. The molecule has 2 aliphatic rings. The highest BCUT2D eigenvalue weighted by molar-refractivity contribution is 5.78. The summed E-state index contributed by atoms with van der Waals surface area (Å²) in [4.78, 5) is 6.92. The Bertz CT molecular complexity index is 751. The number of nitrogens with zero attached hydrogens (tertiary/aromatic N) is 2. The molecular weight excluding hydrogens is 312 g/mol. The molecule has 0 amide bonds. The summed E-state index contributed by atoms with van der Waals surface area (Å²) in [6.07, 6.45) is 4.08. The van der Waals surface area contributed by atoms with E-state index in [2.05, 4.69) is 46.3 Å². The van der Waals surface area contributed by atoms with Gasteiger partial charge in [0.15, 0.2) is 0 Å². The van der Waals surface area contributed by atoms with E-state index in [9.17, 15) is 0 Å². The molecule has 2 aromatic rings. The number of hydrogen-bond acceptors (Lipinski definition) is 4. The summed E-state index contributed by atoms with van der Waals surface area (Å²) in [6, 6.07) is 14.8. The number of benzene rings is 2. The molecule has 25 heavy (non-hydrogen) atoms. The lowest BCUT2D eigenvalue weighted by atomic mass is 9.94. The van der Waals surface area contributed by atoms with Crippen LogP contribution < -0.4 is 4.74 Å². The summed E-state index contributed by atoms with van der Waals surface area (Å²) in [7, 11) is 0. The molecule has 4 rings (SSSR count). The molecule has 2 heterocycles. The van der Waals surface area contributed by atoms with E-state index in [-0.39, 0.29) is 0 Å². The summed E-state index contributed by atoms with van der Waals surface area (Å²) in [5, 5.41) is 0. The van der Waals surface area contributed by atoms with Crippen molar-refractivity contribution >= 4 is 11.9 Å². The van der Waals surface area contributed by atoms with Crippen LogP contribution in [0.1, 0.15) is 12.0 Å². The molecule has 0 aliphatic carbocycles. The first-order valence-corrected chi connectivity index (χ1v) is 9.08. The molecule has 1 saturated heterocycles. The second-order valence-corrected chi connectivity index (χ2v) is 6.48. The van der Waals surface area contributed by atoms with Crippen LogP contribution in [-0.4, -0.2) is 50.6 Å². The van der Waals surface area contributed by atoms with Crippen LogP contribution >= 0.6 is 0 Å². The standard InChI is InChI=1S/C21H24N2O2/c1-4-17(19-6-2-8-21-20(19)7-3-9-22-21)16-18(5-1)25-15-12-23-10-13-24-14-11-23/h1-2,4-6,8-9,16H,3,7,10-15H2. The van der Waals surface area contributed by atoms with Gasteiger partial charge in [-0.1, -0.05) is 24.3 Å². The quantitative estimate of drug-likeness (QED) is 0.835. The summed E-state index contributed by atoms with van der Waals surface area (Å²) in [5.41, 5.74) is 4.92. The largest absolute Gasteiger partial charge is 0.492 e. The van der Waals surface area contributed by atoms with Crippen LogP contribution in [0.15, 0.2) is 47.5 Å². The fourth-order valence-electron chi connectivity index (χ4n) is 3.47. The van der Waals surface area contributed by atoms with Gasteiger partial charge in [0, 0.05) is 25.8 Å². The topological polar surface area (TPSA) is 34.1 Å². The highest BCUT2D eigenvalue weighted by atomic mass is 16.5. The molecule has 0 bridgehead atoms. The highest BCUT2D eigenvalue weighted by Gasteiger charge is 2.13. The van der Waals surface area contributed by atoms with Crippen LogP contribution in [0.2, 0.25) is 0 Å². The molecule has 0 spiro atoms. The monoisotopic (exact) mass is 336 g/mol. The normalized spacial score (nSPS) is 17.3. The van der Waals surface area contributed by atoms with Gasteiger partial charge in [-0.3, -0.25) is 9.89 Å². The Morgan fingerprint density at radius 1 is 1.08 bits per heavy atom. The van der Waals surface area contributed by atoms with E-state index in [1.165, 1.54) is 16.7 Å². The first-order chi connectivity index (χ1) is 12.4. The second kappa shape index (κ2) is 7.81. The summed E-state index contributed by atoms with van der Waals surface area (Å²) in [5.74, 6) is 0.933. The van der Waals surface area contributed by atoms with Crippen LogP contribution in [-0.2, 0) is 11.2 Å². The lowest BCUT2D eigenvalue weighted by Gasteiger charge is -2.26. The molecule has 2 aromatic carbocycles. The van der Waals surface area contributed by atoms with Crippen molar-refractivity contribution in [3.63, 3.8) is 0 Å². The van der Waals surface area contributed by atoms with Gasteiger partial charge in [0.05, 0.1) is 18.9 Å². The van der Waals surface area contributed by atoms with Gasteiger partial charge in [0.25, 0.3) is 0 Å². The maximum absolute atomic E-state index is 6.00. The van der Waals surface area contributed by atoms with Crippen LogP contribution in [0.4, 0.5) is 5.69 Å². The average molecular weight is 336 g/mol. The number of aliphatic imine (C=N–C) groups is 1. The van der Waals surface area contributed by atoms with Gasteiger partial charge < -0.3 is 9.47 Å². The van der Waals surface area contributed by atoms with Gasteiger partial charge in [-0.25, -0.2) is 0 Å². The second-order valence-electron chi connectivity index (χ2n) is 6.48. The Kier molecular flexibility index (Phi) is 5.09. The summed E-state index contributed by atoms with van der Waals surface area (Å²) in [6.45, 7) is 5.32. The minimum atomic E-state index is 0.709. The molecule has 4 nitrogen and oxygen atoms in total. The molecule has 2 aliphatic heterocycles. The molecule has 0 aromatic heterocycles. The maximum Gasteiger partial charge on any atom is 0.119 e. The minimum Gasteiger partial charge on any atom is -0.492 e. The lowest BCUT2D eigenvalue weighted by molar-refractivity contribution is 0.0322. The Labute approximate surface area is 149 Å². The van der Waals surface area contributed by atoms with Gasteiger partial charge in [0.2, 0.25) is 0 Å². The number of hydrogen-bond donors (Lipinski definition) is 0. The minimum absolute atomic E-state index is 0.709. The van der Waals surface area contributed by atoms with Gasteiger partial charge in [0.1, 0.15) is 12.4 Å². The van der Waals surface area contributed by atoms with Gasteiger partial charge in [-0.05, 0) is 47.7 Å². The smallest absolute Gasteiger partial charge is 0.119 e. The van der Waals surface area contributed by atoms with Crippen LogP contribution in [0.25, 0.3) is 11.1 Å². The molecule has 4 heteroatoms.